The van der Waals surface area contributed by atoms with Crippen LogP contribution in [0.25, 0.3) is 0 Å². The monoisotopic (exact) mass is 357 g/mol. The molecule has 2 aliphatic heterocycles. The number of aryl methyl sites for hydroxylation is 1. The first-order valence-electron chi connectivity index (χ1n) is 9.06. The number of aliphatic hydroxyl groups is 1. The molecule has 8 nitrogen and oxygen atoms in total. The molecule has 1 amide bonds. The third kappa shape index (κ3) is 3.41. The molecule has 0 bridgehead atoms. The van der Waals surface area contributed by atoms with Crippen LogP contribution in [-0.4, -0.2) is 63.3 Å². The van der Waals surface area contributed by atoms with Crippen molar-refractivity contribution in [3.8, 4) is 0 Å². The van der Waals surface area contributed by atoms with Gasteiger partial charge >= 0.3 is 0 Å². The lowest BCUT2D eigenvalue weighted by atomic mass is 10.0. The van der Waals surface area contributed by atoms with Crippen LogP contribution in [0.4, 0.5) is 5.82 Å². The molecule has 2 saturated heterocycles. The molecule has 138 valence electrons. The highest BCUT2D eigenvalue weighted by molar-refractivity contribution is 5.92. The van der Waals surface area contributed by atoms with Gasteiger partial charge in [-0.25, -0.2) is 4.98 Å². The summed E-state index contributed by atoms with van der Waals surface area (Å²) >= 11 is 0. The zero-order valence-corrected chi connectivity index (χ0v) is 14.8. The van der Waals surface area contributed by atoms with E-state index < -0.39 is 6.10 Å². The quantitative estimate of drug-likeness (QED) is 0.874. The molecule has 2 fully saturated rings. The van der Waals surface area contributed by atoms with Crippen molar-refractivity contribution in [3.63, 3.8) is 0 Å². The standard InChI is InChI=1S/C18H23N5O3/c1-12-6-14(26-21-12)7-13-10-23(11-16(13)24)17-9-19-8-15(20-17)18(25)22-4-2-3-5-22/h6,8-9,13,16,24H,2-5,7,10-11H2,1H3/t13-,16-/m1/s1. The number of rotatable bonds is 4. The lowest BCUT2D eigenvalue weighted by molar-refractivity contribution is 0.0786. The van der Waals surface area contributed by atoms with Gasteiger partial charge in [-0.1, -0.05) is 5.16 Å². The van der Waals surface area contributed by atoms with Crippen molar-refractivity contribution in [1.82, 2.24) is 20.0 Å². The summed E-state index contributed by atoms with van der Waals surface area (Å²) in [5, 5.41) is 14.3. The van der Waals surface area contributed by atoms with Crippen LogP contribution < -0.4 is 4.90 Å². The zero-order chi connectivity index (χ0) is 18.1. The third-order valence-corrected chi connectivity index (χ3v) is 5.10. The second-order valence-corrected chi connectivity index (χ2v) is 7.13. The number of carbonyl (C=O) groups is 1. The van der Waals surface area contributed by atoms with E-state index in [4.69, 9.17) is 4.52 Å². The molecule has 0 saturated carbocycles. The number of aromatic nitrogens is 3. The minimum atomic E-state index is -0.486. The number of hydrogen-bond donors (Lipinski definition) is 1. The van der Waals surface area contributed by atoms with Crippen LogP contribution in [0, 0.1) is 12.8 Å². The molecule has 26 heavy (non-hydrogen) atoms. The number of hydrogen-bond acceptors (Lipinski definition) is 7. The fourth-order valence-corrected chi connectivity index (χ4v) is 3.71. The maximum Gasteiger partial charge on any atom is 0.274 e. The molecule has 2 atom stereocenters. The highest BCUT2D eigenvalue weighted by Gasteiger charge is 2.33. The summed E-state index contributed by atoms with van der Waals surface area (Å²) in [4.78, 5) is 25.0. The van der Waals surface area contributed by atoms with Crippen molar-refractivity contribution in [2.75, 3.05) is 31.1 Å². The maximum atomic E-state index is 12.5. The zero-order valence-electron chi connectivity index (χ0n) is 14.8. The summed E-state index contributed by atoms with van der Waals surface area (Å²) in [5.74, 6) is 1.37. The molecule has 0 radical (unpaired) electrons. The van der Waals surface area contributed by atoms with Gasteiger partial charge in [-0.05, 0) is 19.8 Å². The molecule has 0 spiro atoms. The first-order valence-corrected chi connectivity index (χ1v) is 9.06. The lowest BCUT2D eigenvalue weighted by Gasteiger charge is -2.19. The van der Waals surface area contributed by atoms with Gasteiger partial charge in [0.2, 0.25) is 0 Å². The van der Waals surface area contributed by atoms with E-state index in [1.54, 1.807) is 6.20 Å². The summed E-state index contributed by atoms with van der Waals surface area (Å²) in [6.07, 6.45) is 5.39. The first kappa shape index (κ1) is 17.0. The smallest absolute Gasteiger partial charge is 0.274 e. The SMILES string of the molecule is Cc1cc(C[C@@H]2CN(c3cncc(C(=O)N4CCCC4)n3)C[C@H]2O)on1. The number of likely N-dealkylation sites (tertiary alicyclic amines) is 1. The van der Waals surface area contributed by atoms with Crippen molar-refractivity contribution in [3.05, 3.63) is 35.6 Å². The van der Waals surface area contributed by atoms with E-state index >= 15 is 0 Å². The third-order valence-electron chi connectivity index (χ3n) is 5.10. The molecule has 0 unspecified atom stereocenters. The molecular weight excluding hydrogens is 334 g/mol. The highest BCUT2D eigenvalue weighted by atomic mass is 16.5. The summed E-state index contributed by atoms with van der Waals surface area (Å²) in [7, 11) is 0. The van der Waals surface area contributed by atoms with E-state index in [1.807, 2.05) is 22.8 Å². The first-order chi connectivity index (χ1) is 12.6. The Balaban J connectivity index is 1.46. The molecular formula is C18H23N5O3. The minimum Gasteiger partial charge on any atom is -0.391 e. The van der Waals surface area contributed by atoms with Crippen LogP contribution in [0.5, 0.6) is 0 Å². The Morgan fingerprint density at radius 2 is 2.12 bits per heavy atom. The number of amides is 1. The van der Waals surface area contributed by atoms with Gasteiger partial charge in [-0.2, -0.15) is 0 Å². The van der Waals surface area contributed by atoms with E-state index in [2.05, 4.69) is 15.1 Å². The van der Waals surface area contributed by atoms with E-state index in [-0.39, 0.29) is 11.8 Å². The summed E-state index contributed by atoms with van der Waals surface area (Å²) < 4.78 is 5.27. The van der Waals surface area contributed by atoms with Crippen LogP contribution in [0.2, 0.25) is 0 Å². The molecule has 2 aromatic rings. The van der Waals surface area contributed by atoms with Crippen LogP contribution in [-0.2, 0) is 6.42 Å². The fourth-order valence-electron chi connectivity index (χ4n) is 3.71. The number of aliphatic hydroxyl groups excluding tert-OH is 1. The molecule has 4 heterocycles. The van der Waals surface area contributed by atoms with Crippen molar-refractivity contribution >= 4 is 11.7 Å². The molecule has 0 aromatic carbocycles. The van der Waals surface area contributed by atoms with Crippen molar-refractivity contribution in [1.29, 1.82) is 0 Å². The summed E-state index contributed by atoms with van der Waals surface area (Å²) in [5.41, 5.74) is 1.21. The van der Waals surface area contributed by atoms with E-state index in [1.165, 1.54) is 6.20 Å². The number of anilines is 1. The van der Waals surface area contributed by atoms with Gasteiger partial charge in [0.15, 0.2) is 0 Å². The fraction of sp³-hybridized carbons (Fsp3) is 0.556. The Bertz CT molecular complexity index is 787. The van der Waals surface area contributed by atoms with E-state index in [0.717, 1.165) is 37.4 Å². The molecule has 1 N–H and O–H groups in total. The number of nitrogens with zero attached hydrogens (tertiary/aromatic N) is 5. The lowest BCUT2D eigenvalue weighted by Crippen LogP contribution is -2.29. The van der Waals surface area contributed by atoms with Gasteiger partial charge in [0.1, 0.15) is 17.3 Å². The Hall–Kier alpha value is -2.48. The molecule has 0 aliphatic carbocycles. The normalized spacial score (nSPS) is 23.0. The van der Waals surface area contributed by atoms with Gasteiger partial charge in [-0.3, -0.25) is 9.78 Å². The maximum absolute atomic E-state index is 12.5. The molecule has 2 aromatic heterocycles. The number of β-amino-alcohol motifs (C(OH)–C–C–N with tert-alkyl or cyclic N) is 1. The molecule has 2 aliphatic rings. The summed E-state index contributed by atoms with van der Waals surface area (Å²) in [6.45, 7) is 4.55. The predicted molar refractivity (Wildman–Crippen MR) is 93.8 cm³/mol. The van der Waals surface area contributed by atoms with Crippen LogP contribution in [0.15, 0.2) is 23.0 Å². The van der Waals surface area contributed by atoms with Gasteiger partial charge in [0.25, 0.3) is 5.91 Å². The van der Waals surface area contributed by atoms with E-state index in [9.17, 15) is 9.90 Å². The second kappa shape index (κ2) is 7.03. The molecule has 8 heteroatoms. The predicted octanol–water partition coefficient (Wildman–Crippen LogP) is 1.05. The minimum absolute atomic E-state index is 0.0297. The van der Waals surface area contributed by atoms with Gasteiger partial charge in [-0.15, -0.1) is 0 Å². The number of carbonyl (C=O) groups excluding carboxylic acids is 1. The average Bonchev–Trinajstić information content (AvgIpc) is 3.38. The van der Waals surface area contributed by atoms with Crippen LogP contribution >= 0.6 is 0 Å². The Morgan fingerprint density at radius 1 is 1.31 bits per heavy atom. The molecule has 4 rings (SSSR count). The van der Waals surface area contributed by atoms with Crippen LogP contribution in [0.1, 0.15) is 34.8 Å². The van der Waals surface area contributed by atoms with Crippen molar-refractivity contribution < 1.29 is 14.4 Å². The summed E-state index contributed by atoms with van der Waals surface area (Å²) in [6, 6.07) is 1.89. The van der Waals surface area contributed by atoms with Gasteiger partial charge in [0, 0.05) is 44.6 Å². The van der Waals surface area contributed by atoms with Gasteiger partial charge in [0.05, 0.1) is 24.2 Å². The second-order valence-electron chi connectivity index (χ2n) is 7.13. The van der Waals surface area contributed by atoms with Gasteiger partial charge < -0.3 is 19.4 Å². The topological polar surface area (TPSA) is 95.6 Å². The van der Waals surface area contributed by atoms with E-state index in [0.29, 0.717) is 31.0 Å². The Morgan fingerprint density at radius 3 is 2.85 bits per heavy atom. The average molecular weight is 357 g/mol. The van der Waals surface area contributed by atoms with Crippen molar-refractivity contribution in [2.24, 2.45) is 5.92 Å². The van der Waals surface area contributed by atoms with Crippen molar-refractivity contribution in [2.45, 2.75) is 32.3 Å². The Labute approximate surface area is 151 Å². The largest absolute Gasteiger partial charge is 0.391 e. The highest BCUT2D eigenvalue weighted by Crippen LogP contribution is 2.26. The Kier molecular flexibility index (Phi) is 4.58. The van der Waals surface area contributed by atoms with Crippen LogP contribution in [0.3, 0.4) is 0 Å².